The molecule has 11 aromatic rings. The lowest BCUT2D eigenvalue weighted by molar-refractivity contribution is 0.619. The Morgan fingerprint density at radius 2 is 0.963 bits per heavy atom. The molecule has 0 fully saturated rings. The second-order valence-corrected chi connectivity index (χ2v) is 14.6. The molecule has 0 amide bonds. The molecule has 254 valence electrons. The van der Waals surface area contributed by atoms with Crippen LogP contribution in [-0.4, -0.2) is 4.98 Å². The first-order valence-corrected chi connectivity index (χ1v) is 18.8. The van der Waals surface area contributed by atoms with Gasteiger partial charge in [0.15, 0.2) is 5.58 Å². The Balaban J connectivity index is 0.977. The number of benzene rings is 8. The molecule has 0 aliphatic heterocycles. The molecule has 8 aromatic carbocycles. The Bertz CT molecular complexity index is 3140. The Morgan fingerprint density at radius 3 is 1.72 bits per heavy atom. The van der Waals surface area contributed by atoms with Gasteiger partial charge in [-0.3, -0.25) is 0 Å². The molecule has 54 heavy (non-hydrogen) atoms. The summed E-state index contributed by atoms with van der Waals surface area (Å²) in [5.41, 5.74) is 12.0. The summed E-state index contributed by atoms with van der Waals surface area (Å²) in [5, 5.41) is 4.58. The molecule has 0 aliphatic rings. The Morgan fingerprint density at radius 1 is 0.389 bits per heavy atom. The van der Waals surface area contributed by atoms with Crippen LogP contribution in [0.2, 0.25) is 0 Å². The van der Waals surface area contributed by atoms with E-state index in [1.807, 2.05) is 53.8 Å². The SMILES string of the molecule is c1ccc(-c2ccc(N(c3ccc(-c4ccc5c(c4)oc4ccc6oc(-c7ccccc7)nc6c45)cc3)c3ccc4c(c3)sc3ccccc34)cc2)cc1. The number of anilines is 3. The average Bonchev–Trinajstić information content (AvgIpc) is 3.95. The quantitative estimate of drug-likeness (QED) is 0.172. The van der Waals surface area contributed by atoms with Gasteiger partial charge in [-0.05, 0) is 101 Å². The second kappa shape index (κ2) is 12.3. The van der Waals surface area contributed by atoms with E-state index in [2.05, 4.69) is 144 Å². The molecule has 5 heteroatoms. The maximum absolute atomic E-state index is 6.42. The van der Waals surface area contributed by atoms with E-state index in [0.29, 0.717) is 5.89 Å². The van der Waals surface area contributed by atoms with Crippen LogP contribution in [0.5, 0.6) is 0 Å². The van der Waals surface area contributed by atoms with Crippen LogP contribution < -0.4 is 4.90 Å². The Labute approximate surface area is 314 Å². The van der Waals surface area contributed by atoms with Crippen LogP contribution in [0.15, 0.2) is 191 Å². The normalized spacial score (nSPS) is 11.7. The summed E-state index contributed by atoms with van der Waals surface area (Å²) in [6, 6.07) is 64.0. The van der Waals surface area contributed by atoms with Crippen molar-refractivity contribution in [2.45, 2.75) is 0 Å². The van der Waals surface area contributed by atoms with Crippen molar-refractivity contribution in [2.75, 3.05) is 4.90 Å². The highest BCUT2D eigenvalue weighted by atomic mass is 32.1. The minimum absolute atomic E-state index is 0.606. The summed E-state index contributed by atoms with van der Waals surface area (Å²) < 4.78 is 15.2. The second-order valence-electron chi connectivity index (χ2n) is 13.6. The van der Waals surface area contributed by atoms with Crippen LogP contribution in [0.4, 0.5) is 17.1 Å². The standard InChI is InChI=1S/C49H30N2O2S/c1-3-9-31(10-4-1)32-15-20-36(21-16-32)51(38-24-26-40-39-13-7-8-14-45(39)54-46(40)30-38)37-22-17-33(18-23-37)35-19-25-41-44(29-35)52-42-27-28-43-48(47(41)42)50-49(53-43)34-11-5-2-6-12-34/h1-30H. The van der Waals surface area contributed by atoms with E-state index in [-0.39, 0.29) is 0 Å². The van der Waals surface area contributed by atoms with Gasteiger partial charge in [-0.25, -0.2) is 4.98 Å². The first-order valence-electron chi connectivity index (χ1n) is 18.0. The minimum Gasteiger partial charge on any atom is -0.456 e. The van der Waals surface area contributed by atoms with Gasteiger partial charge in [-0.2, -0.15) is 0 Å². The Hall–Kier alpha value is -6.95. The van der Waals surface area contributed by atoms with Gasteiger partial charge >= 0.3 is 0 Å². The van der Waals surface area contributed by atoms with Gasteiger partial charge in [0, 0.05) is 48.2 Å². The summed E-state index contributed by atoms with van der Waals surface area (Å²) in [6.07, 6.45) is 0. The zero-order valence-electron chi connectivity index (χ0n) is 28.9. The fourth-order valence-electron chi connectivity index (χ4n) is 7.67. The monoisotopic (exact) mass is 710 g/mol. The molecule has 11 rings (SSSR count). The molecule has 0 atom stereocenters. The van der Waals surface area contributed by atoms with Crippen molar-refractivity contribution in [1.82, 2.24) is 4.98 Å². The fraction of sp³-hybridized carbons (Fsp3) is 0. The maximum atomic E-state index is 6.42. The number of hydrogen-bond donors (Lipinski definition) is 0. The molecule has 0 saturated carbocycles. The number of aromatic nitrogens is 1. The number of hydrogen-bond acceptors (Lipinski definition) is 5. The topological polar surface area (TPSA) is 42.4 Å². The van der Waals surface area contributed by atoms with Crippen LogP contribution in [0.3, 0.4) is 0 Å². The zero-order valence-corrected chi connectivity index (χ0v) is 29.8. The molecule has 0 aliphatic carbocycles. The third kappa shape index (κ3) is 5.09. The van der Waals surface area contributed by atoms with Crippen LogP contribution in [-0.2, 0) is 0 Å². The maximum Gasteiger partial charge on any atom is 0.227 e. The molecule has 0 radical (unpaired) electrons. The summed E-state index contributed by atoms with van der Waals surface area (Å²) in [4.78, 5) is 7.25. The van der Waals surface area contributed by atoms with Crippen molar-refractivity contribution in [3.05, 3.63) is 182 Å². The van der Waals surface area contributed by atoms with Gasteiger partial charge in [0.05, 0.1) is 5.39 Å². The highest BCUT2D eigenvalue weighted by Gasteiger charge is 2.18. The summed E-state index contributed by atoms with van der Waals surface area (Å²) in [5.74, 6) is 0.606. The molecule has 3 aromatic heterocycles. The van der Waals surface area contributed by atoms with Crippen molar-refractivity contribution >= 4 is 81.6 Å². The third-order valence-corrected chi connectivity index (χ3v) is 11.5. The van der Waals surface area contributed by atoms with Crippen molar-refractivity contribution < 1.29 is 8.83 Å². The molecule has 0 N–H and O–H groups in total. The zero-order chi connectivity index (χ0) is 35.6. The average molecular weight is 711 g/mol. The lowest BCUT2D eigenvalue weighted by Gasteiger charge is -2.26. The van der Waals surface area contributed by atoms with Gasteiger partial charge < -0.3 is 13.7 Å². The number of nitrogens with zero attached hydrogens (tertiary/aromatic N) is 2. The van der Waals surface area contributed by atoms with Gasteiger partial charge in [-0.15, -0.1) is 11.3 Å². The number of oxazole rings is 1. The van der Waals surface area contributed by atoms with E-state index >= 15 is 0 Å². The number of fused-ring (bicyclic) bond motifs is 8. The highest BCUT2D eigenvalue weighted by Crippen LogP contribution is 2.42. The molecular formula is C49H30N2O2S. The van der Waals surface area contributed by atoms with E-state index < -0.39 is 0 Å². The van der Waals surface area contributed by atoms with Crippen LogP contribution in [0.25, 0.3) is 86.9 Å². The van der Waals surface area contributed by atoms with Gasteiger partial charge in [-0.1, -0.05) is 103 Å². The molecule has 3 heterocycles. The van der Waals surface area contributed by atoms with E-state index in [0.717, 1.165) is 66.8 Å². The highest BCUT2D eigenvalue weighted by molar-refractivity contribution is 7.25. The van der Waals surface area contributed by atoms with Crippen molar-refractivity contribution in [3.63, 3.8) is 0 Å². The van der Waals surface area contributed by atoms with Crippen LogP contribution >= 0.6 is 11.3 Å². The van der Waals surface area contributed by atoms with Crippen molar-refractivity contribution in [1.29, 1.82) is 0 Å². The summed E-state index contributed by atoms with van der Waals surface area (Å²) >= 11 is 1.84. The number of thiophene rings is 1. The number of furan rings is 1. The smallest absolute Gasteiger partial charge is 0.227 e. The van der Waals surface area contributed by atoms with E-state index in [1.54, 1.807) is 0 Å². The first kappa shape index (κ1) is 30.7. The molecule has 4 nitrogen and oxygen atoms in total. The Kier molecular flexibility index (Phi) is 7.00. The third-order valence-electron chi connectivity index (χ3n) is 10.3. The molecule has 0 spiro atoms. The fourth-order valence-corrected chi connectivity index (χ4v) is 8.81. The van der Waals surface area contributed by atoms with E-state index in [1.165, 1.54) is 31.3 Å². The van der Waals surface area contributed by atoms with Gasteiger partial charge in [0.1, 0.15) is 16.7 Å². The minimum atomic E-state index is 0.606. The summed E-state index contributed by atoms with van der Waals surface area (Å²) in [6.45, 7) is 0. The molecular weight excluding hydrogens is 681 g/mol. The molecule has 0 saturated heterocycles. The van der Waals surface area contributed by atoms with E-state index in [9.17, 15) is 0 Å². The largest absolute Gasteiger partial charge is 0.456 e. The molecule has 0 bridgehead atoms. The van der Waals surface area contributed by atoms with E-state index in [4.69, 9.17) is 13.8 Å². The van der Waals surface area contributed by atoms with Crippen LogP contribution in [0, 0.1) is 0 Å². The van der Waals surface area contributed by atoms with Crippen molar-refractivity contribution in [3.8, 4) is 33.7 Å². The first-order chi connectivity index (χ1) is 26.7. The van der Waals surface area contributed by atoms with Gasteiger partial charge in [0.25, 0.3) is 0 Å². The number of rotatable bonds is 6. The van der Waals surface area contributed by atoms with Crippen molar-refractivity contribution in [2.24, 2.45) is 0 Å². The van der Waals surface area contributed by atoms with Crippen LogP contribution in [0.1, 0.15) is 0 Å². The lowest BCUT2D eigenvalue weighted by atomic mass is 10.0. The van der Waals surface area contributed by atoms with Gasteiger partial charge in [0.2, 0.25) is 5.89 Å². The predicted molar refractivity (Wildman–Crippen MR) is 225 cm³/mol. The molecule has 0 unspecified atom stereocenters. The summed E-state index contributed by atoms with van der Waals surface area (Å²) in [7, 11) is 0. The lowest BCUT2D eigenvalue weighted by Crippen LogP contribution is -2.09. The predicted octanol–water partition coefficient (Wildman–Crippen LogP) is 14.6.